The zero-order chi connectivity index (χ0) is 16.3. The van der Waals surface area contributed by atoms with Gasteiger partial charge in [-0.05, 0) is 48.5 Å². The molecule has 3 rings (SSSR count). The maximum absolute atomic E-state index is 12.9. The average Bonchev–Trinajstić information content (AvgIpc) is 2.47. The van der Waals surface area contributed by atoms with Crippen LogP contribution in [0.2, 0.25) is 0 Å². The van der Waals surface area contributed by atoms with Gasteiger partial charge in [-0.3, -0.25) is 4.79 Å². The third kappa shape index (κ3) is 2.06. The highest BCUT2D eigenvalue weighted by Gasteiger charge is 2.60. The smallest absolute Gasteiger partial charge is 0.139 e. The first-order valence-electron chi connectivity index (χ1n) is 8.72. The van der Waals surface area contributed by atoms with Crippen LogP contribution in [0.15, 0.2) is 24.3 Å². The molecule has 3 aliphatic carbocycles. The summed E-state index contributed by atoms with van der Waals surface area (Å²) in [6.45, 7) is 12.9. The molecular weight excluding hydrogens is 272 g/mol. The van der Waals surface area contributed by atoms with Crippen molar-refractivity contribution in [1.29, 1.82) is 0 Å². The summed E-state index contributed by atoms with van der Waals surface area (Å²) in [7, 11) is 0. The first-order chi connectivity index (χ1) is 10.1. The van der Waals surface area contributed by atoms with Gasteiger partial charge in [0, 0.05) is 17.3 Å². The molecule has 0 radical (unpaired) electrons. The van der Waals surface area contributed by atoms with Gasteiger partial charge in [-0.25, -0.2) is 0 Å². The van der Waals surface area contributed by atoms with Gasteiger partial charge in [0.05, 0.1) is 6.10 Å². The van der Waals surface area contributed by atoms with Crippen molar-refractivity contribution in [2.24, 2.45) is 28.1 Å². The fourth-order valence-electron chi connectivity index (χ4n) is 5.56. The van der Waals surface area contributed by atoms with Crippen molar-refractivity contribution >= 4 is 5.78 Å². The first-order valence-corrected chi connectivity index (χ1v) is 8.72. The van der Waals surface area contributed by atoms with E-state index < -0.39 is 6.10 Å². The second-order valence-electron chi connectivity index (χ2n) is 8.94. The molecule has 5 atom stereocenters. The van der Waals surface area contributed by atoms with E-state index in [4.69, 9.17) is 0 Å². The average molecular weight is 302 g/mol. The molecule has 22 heavy (non-hydrogen) atoms. The first kappa shape index (κ1) is 16.0. The van der Waals surface area contributed by atoms with Gasteiger partial charge in [0.2, 0.25) is 0 Å². The predicted octanol–water partition coefficient (Wildman–Crippen LogP) is 4.29. The van der Waals surface area contributed by atoms with Crippen molar-refractivity contribution < 1.29 is 9.90 Å². The van der Waals surface area contributed by atoms with Crippen LogP contribution in [0, 0.1) is 28.1 Å². The van der Waals surface area contributed by atoms with Crippen molar-refractivity contribution in [2.75, 3.05) is 0 Å². The van der Waals surface area contributed by atoms with E-state index in [2.05, 4.69) is 40.3 Å². The van der Waals surface area contributed by atoms with E-state index in [0.717, 1.165) is 31.3 Å². The molecule has 0 amide bonds. The molecule has 2 saturated carbocycles. The SMILES string of the molecule is C=C[C@@]1(C)C=C2[C@@H](O)C[C@H]3C(C)(C)CCC(=O)[C@]3(C)[C@H]2CC1. The Morgan fingerprint density at radius 3 is 2.59 bits per heavy atom. The summed E-state index contributed by atoms with van der Waals surface area (Å²) in [6.07, 6.45) is 8.19. The number of aliphatic hydroxyl groups is 1. The van der Waals surface area contributed by atoms with Crippen molar-refractivity contribution in [2.45, 2.75) is 65.9 Å². The molecule has 0 unspecified atom stereocenters. The van der Waals surface area contributed by atoms with Gasteiger partial charge in [-0.1, -0.05) is 39.8 Å². The number of hydrogen-bond acceptors (Lipinski definition) is 2. The number of carbonyl (C=O) groups is 1. The molecule has 0 heterocycles. The standard InChI is InChI=1S/C20H30O2/c1-6-19(4)10-7-14-13(12-19)15(21)11-16-18(2,3)9-8-17(22)20(14,16)5/h6,12,14-16,21H,1,7-11H2,2-5H3/t14-,15-,16-,19+,20+/m0/s1. The summed E-state index contributed by atoms with van der Waals surface area (Å²) in [4.78, 5) is 12.9. The zero-order valence-corrected chi connectivity index (χ0v) is 14.5. The molecular formula is C20H30O2. The Balaban J connectivity index is 2.09. The number of aliphatic hydroxyl groups excluding tert-OH is 1. The van der Waals surface area contributed by atoms with Gasteiger partial charge in [-0.15, -0.1) is 6.58 Å². The fraction of sp³-hybridized carbons (Fsp3) is 0.750. The second-order valence-corrected chi connectivity index (χ2v) is 8.94. The summed E-state index contributed by atoms with van der Waals surface area (Å²) in [5.41, 5.74) is 0.908. The Bertz CT molecular complexity index is 544. The maximum Gasteiger partial charge on any atom is 0.139 e. The fourth-order valence-corrected chi connectivity index (χ4v) is 5.56. The molecule has 2 fully saturated rings. The quantitative estimate of drug-likeness (QED) is 0.734. The van der Waals surface area contributed by atoms with Crippen molar-refractivity contribution in [3.63, 3.8) is 0 Å². The van der Waals surface area contributed by atoms with Crippen LogP contribution in [0.5, 0.6) is 0 Å². The van der Waals surface area contributed by atoms with Crippen molar-refractivity contribution in [1.82, 2.24) is 0 Å². The van der Waals surface area contributed by atoms with Crippen molar-refractivity contribution in [3.8, 4) is 0 Å². The lowest BCUT2D eigenvalue weighted by Crippen LogP contribution is -2.58. The van der Waals surface area contributed by atoms with Crippen LogP contribution in [0.3, 0.4) is 0 Å². The molecule has 0 aliphatic heterocycles. The molecule has 0 spiro atoms. The lowest BCUT2D eigenvalue weighted by Gasteiger charge is -2.59. The van der Waals surface area contributed by atoms with E-state index in [0.29, 0.717) is 12.2 Å². The van der Waals surface area contributed by atoms with Crippen LogP contribution in [0.4, 0.5) is 0 Å². The lowest BCUT2D eigenvalue weighted by atomic mass is 9.44. The third-order valence-electron chi connectivity index (χ3n) is 7.17. The summed E-state index contributed by atoms with van der Waals surface area (Å²) < 4.78 is 0. The molecule has 3 aliphatic rings. The Morgan fingerprint density at radius 1 is 1.27 bits per heavy atom. The summed E-state index contributed by atoms with van der Waals surface area (Å²) >= 11 is 0. The minimum absolute atomic E-state index is 0.0385. The largest absolute Gasteiger partial charge is 0.389 e. The number of hydrogen-bond donors (Lipinski definition) is 1. The second kappa shape index (κ2) is 4.80. The van der Waals surface area contributed by atoms with Gasteiger partial charge < -0.3 is 5.11 Å². The maximum atomic E-state index is 12.9. The highest BCUT2D eigenvalue weighted by Crippen LogP contribution is 2.62. The van der Waals surface area contributed by atoms with Crippen LogP contribution in [0.25, 0.3) is 0 Å². The predicted molar refractivity (Wildman–Crippen MR) is 89.4 cm³/mol. The number of allylic oxidation sites excluding steroid dienone is 2. The van der Waals surface area contributed by atoms with E-state index in [1.54, 1.807) is 0 Å². The van der Waals surface area contributed by atoms with Gasteiger partial charge >= 0.3 is 0 Å². The van der Waals surface area contributed by atoms with Crippen LogP contribution >= 0.6 is 0 Å². The molecule has 122 valence electrons. The van der Waals surface area contributed by atoms with E-state index in [-0.39, 0.29) is 28.1 Å². The molecule has 0 bridgehead atoms. The molecule has 2 heteroatoms. The normalized spacial score (nSPS) is 47.2. The van der Waals surface area contributed by atoms with Gasteiger partial charge in [0.1, 0.15) is 5.78 Å². The van der Waals surface area contributed by atoms with E-state index in [1.165, 1.54) is 0 Å². The zero-order valence-electron chi connectivity index (χ0n) is 14.5. The van der Waals surface area contributed by atoms with Gasteiger partial charge in [0.15, 0.2) is 0 Å². The lowest BCUT2D eigenvalue weighted by molar-refractivity contribution is -0.153. The number of carbonyl (C=O) groups excluding carboxylic acids is 1. The highest BCUT2D eigenvalue weighted by molar-refractivity contribution is 5.87. The molecule has 0 aromatic carbocycles. The highest BCUT2D eigenvalue weighted by atomic mass is 16.3. The van der Waals surface area contributed by atoms with Crippen LogP contribution in [-0.2, 0) is 4.79 Å². The van der Waals surface area contributed by atoms with E-state index in [9.17, 15) is 9.90 Å². The Labute approximate surface area is 134 Å². The minimum Gasteiger partial charge on any atom is -0.389 e. The molecule has 0 saturated heterocycles. The Hall–Kier alpha value is -0.890. The third-order valence-corrected chi connectivity index (χ3v) is 7.17. The molecule has 0 aromatic heterocycles. The number of Topliss-reactive ketones (excluding diaryl/α,β-unsaturated/α-hetero) is 1. The van der Waals surface area contributed by atoms with Crippen LogP contribution in [0.1, 0.15) is 59.8 Å². The van der Waals surface area contributed by atoms with Crippen LogP contribution < -0.4 is 0 Å². The topological polar surface area (TPSA) is 37.3 Å². The van der Waals surface area contributed by atoms with E-state index >= 15 is 0 Å². The molecule has 1 N–H and O–H groups in total. The summed E-state index contributed by atoms with van der Waals surface area (Å²) in [6, 6.07) is 0. The Kier molecular flexibility index (Phi) is 3.49. The summed E-state index contributed by atoms with van der Waals surface area (Å²) in [5.74, 6) is 0.912. The number of rotatable bonds is 1. The Morgan fingerprint density at radius 2 is 1.95 bits per heavy atom. The number of ketones is 1. The van der Waals surface area contributed by atoms with Gasteiger partial charge in [-0.2, -0.15) is 0 Å². The van der Waals surface area contributed by atoms with Gasteiger partial charge in [0.25, 0.3) is 0 Å². The molecule has 0 aromatic rings. The van der Waals surface area contributed by atoms with Crippen LogP contribution in [-0.4, -0.2) is 17.0 Å². The molecule has 2 nitrogen and oxygen atoms in total. The monoisotopic (exact) mass is 302 g/mol. The van der Waals surface area contributed by atoms with E-state index in [1.807, 2.05) is 6.08 Å². The van der Waals surface area contributed by atoms with Crippen molar-refractivity contribution in [3.05, 3.63) is 24.3 Å². The summed E-state index contributed by atoms with van der Waals surface area (Å²) in [5, 5.41) is 10.8. The minimum atomic E-state index is -0.396. The number of fused-ring (bicyclic) bond motifs is 3.